The van der Waals surface area contributed by atoms with Gasteiger partial charge in [0.05, 0.1) is 24.4 Å². The van der Waals surface area contributed by atoms with Gasteiger partial charge >= 0.3 is 6.18 Å². The molecule has 1 aromatic carbocycles. The standard InChI is InChI=1S/C19H17BrF3N3O2/c1-11(16-5-3-13(8-24-16)28-10-19(21,22)23)26-18(27)7-12-2-4-14-15(20)9-25-17(14)6-12/h2-6,8-9,11,25H,7,10H2,1H3,(H,26,27)/t11-/m1/s1. The minimum atomic E-state index is -4.40. The molecule has 148 valence electrons. The van der Waals surface area contributed by atoms with Crippen LogP contribution in [-0.4, -0.2) is 28.7 Å². The number of fused-ring (bicyclic) bond motifs is 1. The Morgan fingerprint density at radius 2 is 2.11 bits per heavy atom. The normalized spacial score (nSPS) is 12.8. The maximum absolute atomic E-state index is 12.3. The minimum absolute atomic E-state index is 0.0185. The van der Waals surface area contributed by atoms with E-state index in [0.717, 1.165) is 20.9 Å². The van der Waals surface area contributed by atoms with Crippen LogP contribution in [0.3, 0.4) is 0 Å². The molecule has 0 aliphatic heterocycles. The van der Waals surface area contributed by atoms with Crippen molar-refractivity contribution >= 4 is 32.7 Å². The topological polar surface area (TPSA) is 67.0 Å². The highest BCUT2D eigenvalue weighted by Crippen LogP contribution is 2.24. The third-order valence-electron chi connectivity index (χ3n) is 4.04. The number of benzene rings is 1. The maximum atomic E-state index is 12.3. The van der Waals surface area contributed by atoms with Crippen LogP contribution in [-0.2, 0) is 11.2 Å². The van der Waals surface area contributed by atoms with Gasteiger partial charge in [-0.25, -0.2) is 0 Å². The largest absolute Gasteiger partial charge is 0.483 e. The Balaban J connectivity index is 1.57. The van der Waals surface area contributed by atoms with Crippen LogP contribution in [0.5, 0.6) is 5.75 Å². The van der Waals surface area contributed by atoms with Gasteiger partial charge in [-0.15, -0.1) is 0 Å². The molecule has 0 unspecified atom stereocenters. The zero-order valence-corrected chi connectivity index (χ0v) is 16.4. The first kappa shape index (κ1) is 20.2. The molecule has 2 aromatic heterocycles. The Labute approximate surface area is 167 Å². The van der Waals surface area contributed by atoms with Crippen LogP contribution >= 0.6 is 15.9 Å². The molecule has 2 heterocycles. The number of pyridine rings is 1. The Morgan fingerprint density at radius 3 is 2.79 bits per heavy atom. The fourth-order valence-electron chi connectivity index (χ4n) is 2.70. The molecule has 9 heteroatoms. The molecule has 0 saturated carbocycles. The van der Waals surface area contributed by atoms with Gasteiger partial charge in [-0.3, -0.25) is 9.78 Å². The third kappa shape index (κ3) is 5.25. The second-order valence-corrected chi connectivity index (χ2v) is 7.16. The number of nitrogens with one attached hydrogen (secondary N) is 2. The second-order valence-electron chi connectivity index (χ2n) is 6.31. The highest BCUT2D eigenvalue weighted by molar-refractivity contribution is 9.10. The van der Waals surface area contributed by atoms with Gasteiger partial charge in [0.15, 0.2) is 6.61 Å². The van der Waals surface area contributed by atoms with Gasteiger partial charge in [0.2, 0.25) is 5.91 Å². The molecule has 2 N–H and O–H groups in total. The van der Waals surface area contributed by atoms with E-state index in [1.54, 1.807) is 6.92 Å². The zero-order valence-electron chi connectivity index (χ0n) is 14.8. The van der Waals surface area contributed by atoms with Gasteiger partial charge in [0, 0.05) is 21.6 Å². The lowest BCUT2D eigenvalue weighted by Gasteiger charge is -2.14. The second kappa shape index (κ2) is 8.22. The number of rotatable bonds is 6. The van der Waals surface area contributed by atoms with E-state index >= 15 is 0 Å². The number of H-pyrrole nitrogens is 1. The molecule has 0 radical (unpaired) electrons. The summed E-state index contributed by atoms with van der Waals surface area (Å²) in [6.07, 6.45) is -1.16. The first-order valence-electron chi connectivity index (χ1n) is 8.41. The lowest BCUT2D eigenvalue weighted by atomic mass is 10.1. The van der Waals surface area contributed by atoms with Gasteiger partial charge in [0.25, 0.3) is 0 Å². The fourth-order valence-corrected chi connectivity index (χ4v) is 3.16. The summed E-state index contributed by atoms with van der Waals surface area (Å²) < 4.78 is 42.1. The number of nitrogens with zero attached hydrogens (tertiary/aromatic N) is 1. The third-order valence-corrected chi connectivity index (χ3v) is 4.70. The van der Waals surface area contributed by atoms with Crippen LogP contribution in [0.25, 0.3) is 10.9 Å². The van der Waals surface area contributed by atoms with E-state index in [-0.39, 0.29) is 18.1 Å². The number of amides is 1. The molecule has 5 nitrogen and oxygen atoms in total. The number of halogens is 4. The monoisotopic (exact) mass is 455 g/mol. The fraction of sp³-hybridized carbons (Fsp3) is 0.263. The zero-order chi connectivity index (χ0) is 20.3. The number of aromatic amines is 1. The molecule has 0 bridgehead atoms. The molecule has 3 aromatic rings. The number of aromatic nitrogens is 2. The Bertz CT molecular complexity index is 971. The van der Waals surface area contributed by atoms with E-state index < -0.39 is 18.8 Å². The van der Waals surface area contributed by atoms with Gasteiger partial charge in [-0.2, -0.15) is 13.2 Å². The molecule has 0 aliphatic rings. The number of alkyl halides is 3. The van der Waals surface area contributed by atoms with E-state index in [1.807, 2.05) is 24.4 Å². The highest BCUT2D eigenvalue weighted by Gasteiger charge is 2.28. The van der Waals surface area contributed by atoms with Crippen molar-refractivity contribution in [1.82, 2.24) is 15.3 Å². The molecule has 28 heavy (non-hydrogen) atoms. The molecule has 1 amide bonds. The van der Waals surface area contributed by atoms with Crippen LogP contribution in [0.4, 0.5) is 13.2 Å². The molecule has 0 aliphatic carbocycles. The predicted molar refractivity (Wildman–Crippen MR) is 102 cm³/mol. The molecule has 0 saturated heterocycles. The smallest absolute Gasteiger partial charge is 0.422 e. The summed E-state index contributed by atoms with van der Waals surface area (Å²) >= 11 is 3.44. The van der Waals surface area contributed by atoms with Crippen LogP contribution in [0.2, 0.25) is 0 Å². The van der Waals surface area contributed by atoms with Crippen LogP contribution in [0.15, 0.2) is 47.2 Å². The summed E-state index contributed by atoms with van der Waals surface area (Å²) in [5.41, 5.74) is 2.31. The number of hydrogen-bond donors (Lipinski definition) is 2. The molecular weight excluding hydrogens is 439 g/mol. The first-order chi connectivity index (χ1) is 13.2. The van der Waals surface area contributed by atoms with E-state index in [1.165, 1.54) is 18.3 Å². The van der Waals surface area contributed by atoms with Crippen molar-refractivity contribution in [3.05, 3.63) is 58.5 Å². The van der Waals surface area contributed by atoms with Gasteiger partial charge in [-0.05, 0) is 46.6 Å². The van der Waals surface area contributed by atoms with Gasteiger partial charge < -0.3 is 15.0 Å². The number of hydrogen-bond acceptors (Lipinski definition) is 3. The van der Waals surface area contributed by atoms with Crippen LogP contribution in [0, 0.1) is 0 Å². The summed E-state index contributed by atoms with van der Waals surface area (Å²) in [5, 5.41) is 3.87. The Morgan fingerprint density at radius 1 is 1.32 bits per heavy atom. The average Bonchev–Trinajstić information content (AvgIpc) is 3.00. The maximum Gasteiger partial charge on any atom is 0.422 e. The SMILES string of the molecule is C[C@@H](NC(=O)Cc1ccc2c(Br)c[nH]c2c1)c1ccc(OCC(F)(F)F)cn1. The quantitative estimate of drug-likeness (QED) is 0.566. The average molecular weight is 456 g/mol. The first-order valence-corrected chi connectivity index (χ1v) is 9.21. The van der Waals surface area contributed by atoms with Gasteiger partial charge in [-0.1, -0.05) is 12.1 Å². The minimum Gasteiger partial charge on any atom is -0.483 e. The van der Waals surface area contributed by atoms with Crippen molar-refractivity contribution in [1.29, 1.82) is 0 Å². The number of ether oxygens (including phenoxy) is 1. The van der Waals surface area contributed by atoms with Crippen molar-refractivity contribution in [2.45, 2.75) is 25.6 Å². The van der Waals surface area contributed by atoms with E-state index in [4.69, 9.17) is 0 Å². The highest BCUT2D eigenvalue weighted by atomic mass is 79.9. The predicted octanol–water partition coefficient (Wildman–Crippen LogP) is 4.69. The number of carbonyl (C=O) groups is 1. The number of carbonyl (C=O) groups excluding carboxylic acids is 1. The van der Waals surface area contributed by atoms with Gasteiger partial charge in [0.1, 0.15) is 5.75 Å². The Hall–Kier alpha value is -2.55. The molecule has 0 fully saturated rings. The van der Waals surface area contributed by atoms with Crippen molar-refractivity contribution in [3.63, 3.8) is 0 Å². The van der Waals surface area contributed by atoms with E-state index in [2.05, 4.69) is 36.0 Å². The molecular formula is C19H17BrF3N3O2. The summed E-state index contributed by atoms with van der Waals surface area (Å²) in [5.74, 6) is -0.165. The van der Waals surface area contributed by atoms with Crippen molar-refractivity contribution < 1.29 is 22.7 Å². The summed E-state index contributed by atoms with van der Waals surface area (Å²) in [6.45, 7) is 0.379. The van der Waals surface area contributed by atoms with Crippen LogP contribution in [0.1, 0.15) is 24.2 Å². The van der Waals surface area contributed by atoms with Crippen LogP contribution < -0.4 is 10.1 Å². The Kier molecular flexibility index (Phi) is 5.93. The molecule has 1 atom stereocenters. The van der Waals surface area contributed by atoms with Crippen molar-refractivity contribution in [2.75, 3.05) is 6.61 Å². The molecule has 0 spiro atoms. The van der Waals surface area contributed by atoms with E-state index in [9.17, 15) is 18.0 Å². The summed E-state index contributed by atoms with van der Waals surface area (Å²) in [7, 11) is 0. The lowest BCUT2D eigenvalue weighted by Crippen LogP contribution is -2.28. The lowest BCUT2D eigenvalue weighted by molar-refractivity contribution is -0.153. The van der Waals surface area contributed by atoms with Crippen molar-refractivity contribution in [2.24, 2.45) is 0 Å². The molecule has 3 rings (SSSR count). The van der Waals surface area contributed by atoms with Crippen molar-refractivity contribution in [3.8, 4) is 5.75 Å². The van der Waals surface area contributed by atoms with E-state index in [0.29, 0.717) is 5.69 Å². The summed E-state index contributed by atoms with van der Waals surface area (Å²) in [6, 6.07) is 8.26. The summed E-state index contributed by atoms with van der Waals surface area (Å²) in [4.78, 5) is 19.5.